The molecule has 1 N–H and O–H groups in total. The highest BCUT2D eigenvalue weighted by Crippen LogP contribution is 2.27. The van der Waals surface area contributed by atoms with Gasteiger partial charge < -0.3 is 14.4 Å². The Kier molecular flexibility index (Phi) is 5.18. The topological polar surface area (TPSA) is 51.5 Å². The molecule has 1 atom stereocenters. The lowest BCUT2D eigenvalue weighted by Gasteiger charge is -2.17. The van der Waals surface area contributed by atoms with Gasteiger partial charge >= 0.3 is 5.97 Å². The van der Waals surface area contributed by atoms with E-state index < -0.39 is 5.97 Å². The zero-order valence-electron chi connectivity index (χ0n) is 12.9. The summed E-state index contributed by atoms with van der Waals surface area (Å²) in [6.45, 7) is 1.61. The fourth-order valence-corrected chi connectivity index (χ4v) is 3.31. The number of aryl methyl sites for hydroxylation is 1. The number of benzene rings is 1. The lowest BCUT2D eigenvalue weighted by molar-refractivity contribution is -0.136. The lowest BCUT2D eigenvalue weighted by atomic mass is 10.1. The van der Waals surface area contributed by atoms with Crippen molar-refractivity contribution in [2.45, 2.75) is 38.3 Å². The molecule has 0 amide bonds. The van der Waals surface area contributed by atoms with Gasteiger partial charge in [0.15, 0.2) is 0 Å². The Bertz CT molecular complexity index is 672. The summed E-state index contributed by atoms with van der Waals surface area (Å²) < 4.78 is 9.04. The number of hydrogen-bond donors (Lipinski definition) is 1. The molecule has 0 bridgehead atoms. The Labute approximate surface area is 144 Å². The molecule has 1 saturated heterocycles. The van der Waals surface area contributed by atoms with E-state index in [-0.39, 0.29) is 12.5 Å². The fraction of sp³-hybridized carbons (Fsp3) is 0.389. The summed E-state index contributed by atoms with van der Waals surface area (Å²) in [6.07, 6.45) is 3.08. The molecule has 3 rings (SSSR count). The molecular formula is C18H20BrNO3. The van der Waals surface area contributed by atoms with Gasteiger partial charge in [-0.25, -0.2) is 0 Å². The zero-order chi connectivity index (χ0) is 16.2. The summed E-state index contributed by atoms with van der Waals surface area (Å²) >= 11 is 3.46. The van der Waals surface area contributed by atoms with Crippen molar-refractivity contribution in [1.82, 2.24) is 4.57 Å². The van der Waals surface area contributed by atoms with Gasteiger partial charge in [0.2, 0.25) is 0 Å². The SMILES string of the molecule is O=C(O)CCc1ccc(-c2ccc(Br)cc2)n1CC1CCCO1. The average Bonchev–Trinajstić information content (AvgIpc) is 3.17. The Morgan fingerprint density at radius 3 is 2.70 bits per heavy atom. The average molecular weight is 378 g/mol. The quantitative estimate of drug-likeness (QED) is 0.823. The summed E-state index contributed by atoms with van der Waals surface area (Å²) in [6, 6.07) is 12.3. The Morgan fingerprint density at radius 1 is 1.26 bits per heavy atom. The summed E-state index contributed by atoms with van der Waals surface area (Å²) in [7, 11) is 0. The number of rotatable bonds is 6. The van der Waals surface area contributed by atoms with Crippen molar-refractivity contribution in [2.75, 3.05) is 6.61 Å². The minimum absolute atomic E-state index is 0.148. The molecule has 0 radical (unpaired) electrons. The number of hydrogen-bond acceptors (Lipinski definition) is 2. The molecule has 4 nitrogen and oxygen atoms in total. The van der Waals surface area contributed by atoms with Crippen LogP contribution < -0.4 is 0 Å². The summed E-state index contributed by atoms with van der Waals surface area (Å²) in [5.41, 5.74) is 3.31. The maximum absolute atomic E-state index is 10.9. The summed E-state index contributed by atoms with van der Waals surface area (Å²) in [5, 5.41) is 8.97. The third-order valence-electron chi connectivity index (χ3n) is 4.22. The van der Waals surface area contributed by atoms with Crippen molar-refractivity contribution in [2.24, 2.45) is 0 Å². The second kappa shape index (κ2) is 7.32. The van der Waals surface area contributed by atoms with Crippen molar-refractivity contribution in [3.05, 3.63) is 46.6 Å². The highest BCUT2D eigenvalue weighted by molar-refractivity contribution is 9.10. The first kappa shape index (κ1) is 16.3. The van der Waals surface area contributed by atoms with Crippen molar-refractivity contribution in [1.29, 1.82) is 0 Å². The van der Waals surface area contributed by atoms with Gasteiger partial charge in [-0.3, -0.25) is 4.79 Å². The maximum Gasteiger partial charge on any atom is 0.303 e. The van der Waals surface area contributed by atoms with Gasteiger partial charge in [-0.2, -0.15) is 0 Å². The standard InChI is InChI=1S/C18H20BrNO3/c19-14-5-3-13(4-6-14)17-9-7-15(8-10-18(21)22)20(17)12-16-2-1-11-23-16/h3-7,9,16H,1-2,8,10-12H2,(H,21,22). The van der Waals surface area contributed by atoms with E-state index in [2.05, 4.69) is 38.7 Å². The summed E-state index contributed by atoms with van der Waals surface area (Å²) in [4.78, 5) is 10.9. The summed E-state index contributed by atoms with van der Waals surface area (Å²) in [5.74, 6) is -0.764. The first-order valence-corrected chi connectivity index (χ1v) is 8.70. The number of carbonyl (C=O) groups is 1. The van der Waals surface area contributed by atoms with Gasteiger partial charge in [0, 0.05) is 29.0 Å². The molecule has 0 aliphatic carbocycles. The highest BCUT2D eigenvalue weighted by atomic mass is 79.9. The van der Waals surface area contributed by atoms with Gasteiger partial charge in [0.05, 0.1) is 12.5 Å². The molecule has 1 aliphatic rings. The van der Waals surface area contributed by atoms with E-state index in [9.17, 15) is 4.79 Å². The van der Waals surface area contributed by atoms with Gasteiger partial charge in [-0.1, -0.05) is 28.1 Å². The van der Waals surface area contributed by atoms with Crippen LogP contribution in [0.5, 0.6) is 0 Å². The van der Waals surface area contributed by atoms with Crippen LogP contribution in [-0.4, -0.2) is 28.4 Å². The van der Waals surface area contributed by atoms with Crippen LogP contribution in [0.4, 0.5) is 0 Å². The molecule has 122 valence electrons. The largest absolute Gasteiger partial charge is 0.481 e. The molecule has 0 saturated carbocycles. The van der Waals surface area contributed by atoms with E-state index in [0.717, 1.165) is 47.4 Å². The van der Waals surface area contributed by atoms with E-state index >= 15 is 0 Å². The van der Waals surface area contributed by atoms with Crippen molar-refractivity contribution >= 4 is 21.9 Å². The van der Waals surface area contributed by atoms with Crippen LogP contribution in [0.3, 0.4) is 0 Å². The van der Waals surface area contributed by atoms with E-state index in [4.69, 9.17) is 9.84 Å². The minimum atomic E-state index is -0.764. The van der Waals surface area contributed by atoms with Crippen molar-refractivity contribution in [3.63, 3.8) is 0 Å². The molecule has 1 aromatic carbocycles. The predicted octanol–water partition coefficient (Wildman–Crippen LogP) is 4.11. The number of carboxylic acids is 1. The van der Waals surface area contributed by atoms with Gasteiger partial charge in [0.25, 0.3) is 0 Å². The van der Waals surface area contributed by atoms with Crippen molar-refractivity contribution in [3.8, 4) is 11.3 Å². The Morgan fingerprint density at radius 2 is 2.04 bits per heavy atom. The van der Waals surface area contributed by atoms with E-state index in [1.165, 1.54) is 0 Å². The van der Waals surface area contributed by atoms with Crippen LogP contribution in [0.1, 0.15) is 25.0 Å². The fourth-order valence-electron chi connectivity index (χ4n) is 3.04. The third kappa shape index (κ3) is 4.03. The number of carboxylic acid groups (broad SMARTS) is 1. The number of halogens is 1. The Hall–Kier alpha value is -1.59. The smallest absolute Gasteiger partial charge is 0.303 e. The third-order valence-corrected chi connectivity index (χ3v) is 4.74. The molecule has 2 aromatic rings. The maximum atomic E-state index is 10.9. The molecule has 1 aliphatic heterocycles. The normalized spacial score (nSPS) is 17.5. The first-order chi connectivity index (χ1) is 11.1. The molecule has 5 heteroatoms. The second-order valence-electron chi connectivity index (χ2n) is 5.86. The minimum Gasteiger partial charge on any atom is -0.481 e. The highest BCUT2D eigenvalue weighted by Gasteiger charge is 2.19. The van der Waals surface area contributed by atoms with Crippen LogP contribution in [0.2, 0.25) is 0 Å². The van der Waals surface area contributed by atoms with Crippen LogP contribution in [0.15, 0.2) is 40.9 Å². The monoisotopic (exact) mass is 377 g/mol. The predicted molar refractivity (Wildman–Crippen MR) is 92.5 cm³/mol. The molecule has 0 spiro atoms. The van der Waals surface area contributed by atoms with E-state index in [1.54, 1.807) is 0 Å². The van der Waals surface area contributed by atoms with E-state index in [1.807, 2.05) is 18.2 Å². The molecule has 1 unspecified atom stereocenters. The van der Waals surface area contributed by atoms with Crippen LogP contribution >= 0.6 is 15.9 Å². The van der Waals surface area contributed by atoms with Gasteiger partial charge in [0.1, 0.15) is 0 Å². The zero-order valence-corrected chi connectivity index (χ0v) is 14.5. The lowest BCUT2D eigenvalue weighted by Crippen LogP contribution is -2.18. The van der Waals surface area contributed by atoms with Gasteiger partial charge in [-0.15, -0.1) is 0 Å². The number of ether oxygens (including phenoxy) is 1. The number of nitrogens with zero attached hydrogens (tertiary/aromatic N) is 1. The molecule has 2 heterocycles. The molecule has 23 heavy (non-hydrogen) atoms. The second-order valence-corrected chi connectivity index (χ2v) is 6.77. The molecular weight excluding hydrogens is 358 g/mol. The number of aromatic nitrogens is 1. The van der Waals surface area contributed by atoms with E-state index in [0.29, 0.717) is 6.42 Å². The first-order valence-electron chi connectivity index (χ1n) is 7.91. The Balaban J connectivity index is 1.90. The molecule has 1 aromatic heterocycles. The number of aliphatic carboxylic acids is 1. The van der Waals surface area contributed by atoms with Crippen LogP contribution in [0, 0.1) is 0 Å². The van der Waals surface area contributed by atoms with Crippen LogP contribution in [-0.2, 0) is 22.5 Å². The van der Waals surface area contributed by atoms with Crippen molar-refractivity contribution < 1.29 is 14.6 Å². The van der Waals surface area contributed by atoms with Gasteiger partial charge in [-0.05, 0) is 49.1 Å². The van der Waals surface area contributed by atoms with Crippen LogP contribution in [0.25, 0.3) is 11.3 Å². The molecule has 1 fully saturated rings.